The van der Waals surface area contributed by atoms with Crippen molar-refractivity contribution in [1.29, 1.82) is 0 Å². The Morgan fingerprint density at radius 1 is 0.950 bits per heavy atom. The maximum Gasteiger partial charge on any atom is 0.0732 e. The molecule has 0 aromatic heterocycles. The van der Waals surface area contributed by atoms with Gasteiger partial charge in [0.1, 0.15) is 0 Å². The molecule has 0 unspecified atom stereocenters. The van der Waals surface area contributed by atoms with Gasteiger partial charge in [-0.3, -0.25) is 0 Å². The molecular weight excluding hydrogens is 264 g/mol. The molecule has 0 fully saturated rings. The zero-order valence-electron chi connectivity index (χ0n) is 11.4. The summed E-state index contributed by atoms with van der Waals surface area (Å²) in [5, 5.41) is 0. The summed E-state index contributed by atoms with van der Waals surface area (Å²) in [6.07, 6.45) is 4.82. The van der Waals surface area contributed by atoms with Crippen LogP contribution in [0.2, 0.25) is 0 Å². The molecule has 1 aliphatic carbocycles. The van der Waals surface area contributed by atoms with Gasteiger partial charge in [0.15, 0.2) is 0 Å². The van der Waals surface area contributed by atoms with Gasteiger partial charge in [0, 0.05) is 5.69 Å². The average Bonchev–Trinajstić information content (AvgIpc) is 2.50. The van der Waals surface area contributed by atoms with E-state index in [0.29, 0.717) is 0 Å². The van der Waals surface area contributed by atoms with Crippen molar-refractivity contribution in [3.63, 3.8) is 0 Å². The molecule has 1 aliphatic rings. The summed E-state index contributed by atoms with van der Waals surface area (Å²) in [4.78, 5) is 2.04. The minimum atomic E-state index is 0.752. The van der Waals surface area contributed by atoms with Crippen LogP contribution in [0.25, 0.3) is 0 Å². The second-order valence-corrected chi connectivity index (χ2v) is 5.37. The highest BCUT2D eigenvalue weighted by atomic mass is 32.1. The molecule has 3 heteroatoms. The number of benzene rings is 2. The molecule has 0 atom stereocenters. The van der Waals surface area contributed by atoms with E-state index < -0.39 is 0 Å². The van der Waals surface area contributed by atoms with E-state index in [-0.39, 0.29) is 0 Å². The summed E-state index contributed by atoms with van der Waals surface area (Å²) in [6.45, 7) is 0. The lowest BCUT2D eigenvalue weighted by molar-refractivity contribution is 0.686. The van der Waals surface area contributed by atoms with E-state index in [0.717, 1.165) is 17.8 Å². The third-order valence-electron chi connectivity index (χ3n) is 3.93. The highest BCUT2D eigenvalue weighted by Gasteiger charge is 2.18. The number of nitrogens with zero attached hydrogens (tertiary/aromatic N) is 1. The van der Waals surface area contributed by atoms with E-state index in [2.05, 4.69) is 18.2 Å². The Morgan fingerprint density at radius 3 is 2.50 bits per heavy atom. The van der Waals surface area contributed by atoms with E-state index in [4.69, 9.17) is 18.0 Å². The smallest absolute Gasteiger partial charge is 0.0732 e. The molecule has 3 rings (SSSR count). The second kappa shape index (κ2) is 5.63. The molecule has 0 saturated carbocycles. The molecule has 2 nitrogen and oxygen atoms in total. The molecule has 0 spiro atoms. The van der Waals surface area contributed by atoms with Gasteiger partial charge >= 0.3 is 0 Å². The molecule has 0 amide bonds. The van der Waals surface area contributed by atoms with Gasteiger partial charge in [-0.05, 0) is 55.0 Å². The summed E-state index contributed by atoms with van der Waals surface area (Å²) in [5.74, 6) is 0. The highest BCUT2D eigenvalue weighted by molar-refractivity contribution is 7.79. The summed E-state index contributed by atoms with van der Waals surface area (Å²) in [7, 11) is 0. The van der Waals surface area contributed by atoms with Crippen LogP contribution in [0.3, 0.4) is 0 Å². The van der Waals surface area contributed by atoms with Crippen LogP contribution in [0.5, 0.6) is 0 Å². The van der Waals surface area contributed by atoms with Gasteiger partial charge in [0.2, 0.25) is 0 Å². The number of hydrogen-bond acceptors (Lipinski definition) is 2. The standard InChI is InChI=1S/C17H18N2S/c18-15-9-3-4-10-17(15)19(12-20)16-11-5-7-13-6-1-2-8-14(13)16/h3-5,7,9-12H,1-2,6,8,18H2. The van der Waals surface area contributed by atoms with Crippen molar-refractivity contribution in [2.75, 3.05) is 10.6 Å². The SMILES string of the molecule is Nc1ccccc1N(C=S)c1cccc2c1CCCC2. The molecule has 0 radical (unpaired) electrons. The molecule has 2 N–H and O–H groups in total. The summed E-state index contributed by atoms with van der Waals surface area (Å²) < 4.78 is 0. The topological polar surface area (TPSA) is 29.3 Å². The van der Waals surface area contributed by atoms with Crippen LogP contribution in [0, 0.1) is 0 Å². The normalized spacial score (nSPS) is 13.6. The first-order chi connectivity index (χ1) is 9.81. The first-order valence-electron chi connectivity index (χ1n) is 7.01. The molecule has 0 heterocycles. The predicted molar refractivity (Wildman–Crippen MR) is 89.7 cm³/mol. The molecule has 2 aromatic rings. The van der Waals surface area contributed by atoms with Crippen molar-refractivity contribution in [3.05, 3.63) is 53.6 Å². The fourth-order valence-electron chi connectivity index (χ4n) is 2.94. The Hall–Kier alpha value is -1.87. The lowest BCUT2D eigenvalue weighted by atomic mass is 9.90. The van der Waals surface area contributed by atoms with Gasteiger partial charge in [-0.1, -0.05) is 36.5 Å². The summed E-state index contributed by atoms with van der Waals surface area (Å²) in [6, 6.07) is 14.3. The maximum absolute atomic E-state index is 6.10. The third kappa shape index (κ3) is 2.29. The Balaban J connectivity index is 2.11. The van der Waals surface area contributed by atoms with Gasteiger partial charge < -0.3 is 10.6 Å². The molecule has 0 bridgehead atoms. The lowest BCUT2D eigenvalue weighted by Crippen LogP contribution is -2.18. The second-order valence-electron chi connectivity index (χ2n) is 5.16. The van der Waals surface area contributed by atoms with E-state index in [1.807, 2.05) is 29.2 Å². The number of thiocarbonyl (C=S) groups is 1. The van der Waals surface area contributed by atoms with Crippen molar-refractivity contribution in [2.24, 2.45) is 0 Å². The van der Waals surface area contributed by atoms with Gasteiger partial charge in [0.05, 0.1) is 16.9 Å². The monoisotopic (exact) mass is 282 g/mol. The summed E-state index contributed by atoms with van der Waals surface area (Å²) in [5.41, 5.74) is 13.5. The Bertz CT molecular complexity index is 637. The van der Waals surface area contributed by atoms with Crippen LogP contribution in [-0.4, -0.2) is 5.49 Å². The van der Waals surface area contributed by atoms with Gasteiger partial charge in [-0.25, -0.2) is 0 Å². The van der Waals surface area contributed by atoms with Crippen LogP contribution in [0.4, 0.5) is 17.1 Å². The van der Waals surface area contributed by atoms with E-state index in [1.54, 1.807) is 5.49 Å². The van der Waals surface area contributed by atoms with Crippen molar-refractivity contribution >= 4 is 34.8 Å². The molecule has 0 saturated heterocycles. The number of nitrogen functional groups attached to an aromatic ring is 1. The molecule has 20 heavy (non-hydrogen) atoms. The first kappa shape index (κ1) is 13.1. The van der Waals surface area contributed by atoms with Crippen molar-refractivity contribution in [2.45, 2.75) is 25.7 Å². The predicted octanol–water partition coefficient (Wildman–Crippen LogP) is 4.24. The third-order valence-corrected chi connectivity index (χ3v) is 4.14. The minimum Gasteiger partial charge on any atom is -0.397 e. The molecular formula is C17H18N2S. The van der Waals surface area contributed by atoms with Crippen molar-refractivity contribution < 1.29 is 0 Å². The Morgan fingerprint density at radius 2 is 1.70 bits per heavy atom. The largest absolute Gasteiger partial charge is 0.397 e. The van der Waals surface area contributed by atoms with E-state index >= 15 is 0 Å². The van der Waals surface area contributed by atoms with Crippen LogP contribution >= 0.6 is 12.2 Å². The number of nitrogens with two attached hydrogens (primary N) is 1. The van der Waals surface area contributed by atoms with Crippen LogP contribution < -0.4 is 10.6 Å². The minimum absolute atomic E-state index is 0.752. The van der Waals surface area contributed by atoms with Gasteiger partial charge in [0.25, 0.3) is 0 Å². The summed E-state index contributed by atoms with van der Waals surface area (Å²) >= 11 is 5.25. The van der Waals surface area contributed by atoms with Crippen molar-refractivity contribution in [3.8, 4) is 0 Å². The fraction of sp³-hybridized carbons (Fsp3) is 0.235. The zero-order chi connectivity index (χ0) is 13.9. The van der Waals surface area contributed by atoms with E-state index in [9.17, 15) is 0 Å². The number of anilines is 3. The number of aryl methyl sites for hydroxylation is 1. The van der Waals surface area contributed by atoms with E-state index in [1.165, 1.54) is 36.1 Å². The Labute approximate surface area is 125 Å². The van der Waals surface area contributed by atoms with Crippen molar-refractivity contribution in [1.82, 2.24) is 0 Å². The van der Waals surface area contributed by atoms with Crippen LogP contribution in [0.15, 0.2) is 42.5 Å². The zero-order valence-corrected chi connectivity index (χ0v) is 12.2. The highest BCUT2D eigenvalue weighted by Crippen LogP contribution is 2.35. The Kier molecular flexibility index (Phi) is 3.70. The van der Waals surface area contributed by atoms with Crippen LogP contribution in [-0.2, 0) is 12.8 Å². The van der Waals surface area contributed by atoms with Gasteiger partial charge in [-0.2, -0.15) is 0 Å². The number of fused-ring (bicyclic) bond motifs is 1. The number of hydrogen-bond donors (Lipinski definition) is 1. The molecule has 2 aromatic carbocycles. The average molecular weight is 282 g/mol. The fourth-order valence-corrected chi connectivity index (χ4v) is 3.16. The van der Waals surface area contributed by atoms with Crippen LogP contribution in [0.1, 0.15) is 24.0 Å². The lowest BCUT2D eigenvalue weighted by Gasteiger charge is -2.27. The maximum atomic E-state index is 6.10. The number of rotatable bonds is 3. The molecule has 102 valence electrons. The number of para-hydroxylation sites is 2. The van der Waals surface area contributed by atoms with Gasteiger partial charge in [-0.15, -0.1) is 0 Å². The molecule has 0 aliphatic heterocycles. The quantitative estimate of drug-likeness (QED) is 0.674. The first-order valence-corrected chi connectivity index (χ1v) is 7.48.